The minimum Gasteiger partial charge on any atom is -0.198 e. The van der Waals surface area contributed by atoms with E-state index in [1.165, 1.54) is 38.5 Å². The maximum absolute atomic E-state index is 9.64. The topological polar surface area (TPSA) is 23.8 Å². The second-order valence-electron chi connectivity index (χ2n) is 7.88. The van der Waals surface area contributed by atoms with Crippen LogP contribution in [-0.4, -0.2) is 4.87 Å². The molecule has 2 heteroatoms. The van der Waals surface area contributed by atoms with E-state index in [1.807, 2.05) is 0 Å². The smallest absolute Gasteiger partial charge is 0.0662 e. The summed E-state index contributed by atoms with van der Waals surface area (Å²) in [6.07, 6.45) is 9.13. The number of halogens is 1. The van der Waals surface area contributed by atoms with Crippen LogP contribution in [0.3, 0.4) is 0 Å². The number of rotatable bonds is 3. The fourth-order valence-electron chi connectivity index (χ4n) is 5.49. The van der Waals surface area contributed by atoms with Gasteiger partial charge in [0.2, 0.25) is 0 Å². The molecule has 0 spiro atoms. The molecule has 0 aliphatic heterocycles. The summed E-state index contributed by atoms with van der Waals surface area (Å²) >= 11 is 6.40. The summed E-state index contributed by atoms with van der Waals surface area (Å²) in [5.74, 6) is 2.94. The van der Waals surface area contributed by atoms with Crippen molar-refractivity contribution in [2.45, 2.75) is 63.7 Å². The maximum Gasteiger partial charge on any atom is 0.0662 e. The molecule has 0 N–H and O–H groups in total. The third-order valence-electron chi connectivity index (χ3n) is 5.67. The standard InChI is InChI=1S/C16H24ClN/c1-15(2,17)9-14(10-18)16-6-11-3-12(7-16)5-13(4-11)8-16/h11-14H,3-9H2,1-2H3. The molecule has 4 aliphatic rings. The van der Waals surface area contributed by atoms with Crippen molar-refractivity contribution in [3.8, 4) is 6.07 Å². The molecule has 0 aromatic heterocycles. The second kappa shape index (κ2) is 4.14. The first-order valence-corrected chi connectivity index (χ1v) is 7.86. The molecule has 0 saturated heterocycles. The lowest BCUT2D eigenvalue weighted by Gasteiger charge is -2.58. The Labute approximate surface area is 116 Å². The molecule has 4 fully saturated rings. The van der Waals surface area contributed by atoms with Crippen LogP contribution >= 0.6 is 11.6 Å². The third kappa shape index (κ3) is 2.18. The lowest BCUT2D eigenvalue weighted by atomic mass is 9.46. The Hall–Kier alpha value is -0.220. The van der Waals surface area contributed by atoms with E-state index in [2.05, 4.69) is 19.9 Å². The van der Waals surface area contributed by atoms with Crippen molar-refractivity contribution >= 4 is 11.6 Å². The van der Waals surface area contributed by atoms with Gasteiger partial charge in [-0.15, -0.1) is 11.6 Å². The highest BCUT2D eigenvalue weighted by Gasteiger charge is 2.54. The van der Waals surface area contributed by atoms with Crippen molar-refractivity contribution in [3.63, 3.8) is 0 Å². The second-order valence-corrected chi connectivity index (χ2v) is 8.91. The van der Waals surface area contributed by atoms with Crippen LogP contribution < -0.4 is 0 Å². The summed E-state index contributed by atoms with van der Waals surface area (Å²) in [5.41, 5.74) is 0.329. The molecule has 1 atom stereocenters. The molecule has 0 aromatic rings. The first kappa shape index (κ1) is 12.8. The number of nitriles is 1. The SMILES string of the molecule is CC(C)(Cl)CC(C#N)C12CC3CC(CC(C3)C1)C2. The minimum absolute atomic E-state index is 0.179. The fraction of sp³-hybridized carbons (Fsp3) is 0.938. The van der Waals surface area contributed by atoms with E-state index in [-0.39, 0.29) is 10.8 Å². The van der Waals surface area contributed by atoms with Crippen molar-refractivity contribution in [3.05, 3.63) is 0 Å². The van der Waals surface area contributed by atoms with E-state index in [0.29, 0.717) is 5.41 Å². The number of hydrogen-bond donors (Lipinski definition) is 0. The Kier molecular flexibility index (Phi) is 2.94. The van der Waals surface area contributed by atoms with Crippen molar-refractivity contribution in [2.75, 3.05) is 0 Å². The Balaban J connectivity index is 1.83. The van der Waals surface area contributed by atoms with Gasteiger partial charge in [0.1, 0.15) is 0 Å². The Morgan fingerprint density at radius 2 is 1.61 bits per heavy atom. The molecule has 4 aliphatic carbocycles. The molecule has 0 aromatic carbocycles. The summed E-state index contributed by atoms with van der Waals surface area (Å²) in [7, 11) is 0. The van der Waals surface area contributed by atoms with Crippen LogP contribution in [0.2, 0.25) is 0 Å². The molecule has 100 valence electrons. The van der Waals surface area contributed by atoms with E-state index < -0.39 is 0 Å². The van der Waals surface area contributed by atoms with Crippen LogP contribution in [0.1, 0.15) is 58.8 Å². The minimum atomic E-state index is -0.232. The largest absolute Gasteiger partial charge is 0.198 e. The average Bonchev–Trinajstić information content (AvgIpc) is 2.22. The Morgan fingerprint density at radius 1 is 1.17 bits per heavy atom. The Morgan fingerprint density at radius 3 is 1.94 bits per heavy atom. The quantitative estimate of drug-likeness (QED) is 0.676. The van der Waals surface area contributed by atoms with E-state index >= 15 is 0 Å². The van der Waals surface area contributed by atoms with Crippen LogP contribution in [0.4, 0.5) is 0 Å². The maximum atomic E-state index is 9.64. The average molecular weight is 266 g/mol. The van der Waals surface area contributed by atoms with E-state index in [1.54, 1.807) is 0 Å². The summed E-state index contributed by atoms with van der Waals surface area (Å²) in [6, 6.07) is 2.63. The van der Waals surface area contributed by atoms with Crippen LogP contribution in [0.15, 0.2) is 0 Å². The van der Waals surface area contributed by atoms with Gasteiger partial charge in [-0.1, -0.05) is 0 Å². The van der Waals surface area contributed by atoms with Crippen molar-refractivity contribution in [1.82, 2.24) is 0 Å². The van der Waals surface area contributed by atoms with Gasteiger partial charge in [0.05, 0.1) is 12.0 Å². The summed E-state index contributed by atoms with van der Waals surface area (Å²) < 4.78 is 0. The third-order valence-corrected chi connectivity index (χ3v) is 5.82. The van der Waals surface area contributed by atoms with Gasteiger partial charge in [0, 0.05) is 4.87 Å². The molecule has 0 heterocycles. The summed E-state index contributed by atoms with van der Waals surface area (Å²) in [5, 5.41) is 9.64. The highest BCUT2D eigenvalue weighted by atomic mass is 35.5. The zero-order valence-electron chi connectivity index (χ0n) is 11.6. The van der Waals surface area contributed by atoms with Gasteiger partial charge in [-0.2, -0.15) is 5.26 Å². The highest BCUT2D eigenvalue weighted by molar-refractivity contribution is 6.23. The monoisotopic (exact) mass is 265 g/mol. The first-order valence-electron chi connectivity index (χ1n) is 7.49. The normalized spacial score (nSPS) is 43.8. The number of alkyl halides is 1. The van der Waals surface area contributed by atoms with Crippen LogP contribution in [0.5, 0.6) is 0 Å². The summed E-state index contributed by atoms with van der Waals surface area (Å²) in [6.45, 7) is 4.11. The van der Waals surface area contributed by atoms with Crippen LogP contribution in [0.25, 0.3) is 0 Å². The lowest BCUT2D eigenvalue weighted by Crippen LogP contribution is -2.50. The first-order chi connectivity index (χ1) is 8.40. The lowest BCUT2D eigenvalue weighted by molar-refractivity contribution is -0.0774. The van der Waals surface area contributed by atoms with Crippen molar-refractivity contribution in [2.24, 2.45) is 29.1 Å². The predicted octanol–water partition coefficient (Wildman–Crippen LogP) is 4.75. The van der Waals surface area contributed by atoms with Gasteiger partial charge in [0.25, 0.3) is 0 Å². The van der Waals surface area contributed by atoms with Gasteiger partial charge < -0.3 is 0 Å². The van der Waals surface area contributed by atoms with E-state index in [9.17, 15) is 5.26 Å². The van der Waals surface area contributed by atoms with Crippen molar-refractivity contribution < 1.29 is 0 Å². The zero-order chi connectivity index (χ0) is 13.0. The zero-order valence-corrected chi connectivity index (χ0v) is 12.3. The molecule has 1 unspecified atom stereocenters. The predicted molar refractivity (Wildman–Crippen MR) is 74.3 cm³/mol. The van der Waals surface area contributed by atoms with Crippen LogP contribution in [-0.2, 0) is 0 Å². The molecule has 0 amide bonds. The number of nitrogens with zero attached hydrogens (tertiary/aromatic N) is 1. The molecular weight excluding hydrogens is 242 g/mol. The molecule has 18 heavy (non-hydrogen) atoms. The van der Waals surface area contributed by atoms with E-state index in [0.717, 1.165) is 24.2 Å². The summed E-state index contributed by atoms with van der Waals surface area (Å²) in [4.78, 5) is -0.232. The fourth-order valence-corrected chi connectivity index (χ4v) is 5.64. The van der Waals surface area contributed by atoms with Gasteiger partial charge in [-0.3, -0.25) is 0 Å². The number of hydrogen-bond acceptors (Lipinski definition) is 1. The van der Waals surface area contributed by atoms with Gasteiger partial charge >= 0.3 is 0 Å². The van der Waals surface area contributed by atoms with Crippen LogP contribution in [0, 0.1) is 40.4 Å². The highest BCUT2D eigenvalue weighted by Crippen LogP contribution is 2.63. The molecule has 1 nitrogen and oxygen atoms in total. The molecule has 0 radical (unpaired) electrons. The van der Waals surface area contributed by atoms with Gasteiger partial charge in [-0.25, -0.2) is 0 Å². The van der Waals surface area contributed by atoms with Gasteiger partial charge in [-0.05, 0) is 82.0 Å². The molecule has 4 saturated carbocycles. The van der Waals surface area contributed by atoms with E-state index in [4.69, 9.17) is 11.6 Å². The van der Waals surface area contributed by atoms with Gasteiger partial charge in [0.15, 0.2) is 0 Å². The Bertz CT molecular complexity index is 338. The van der Waals surface area contributed by atoms with Crippen molar-refractivity contribution in [1.29, 1.82) is 5.26 Å². The molecular formula is C16H24ClN. The molecule has 4 rings (SSSR count). The molecule has 4 bridgehead atoms.